The van der Waals surface area contributed by atoms with Gasteiger partial charge >= 0.3 is 0 Å². The molecule has 18 heavy (non-hydrogen) atoms. The summed E-state index contributed by atoms with van der Waals surface area (Å²) in [5.74, 6) is 1.31. The van der Waals surface area contributed by atoms with Crippen LogP contribution in [-0.2, 0) is 18.7 Å². The fourth-order valence-corrected chi connectivity index (χ4v) is 3.13. The van der Waals surface area contributed by atoms with Crippen molar-refractivity contribution >= 4 is 23.3 Å². The second-order valence-electron chi connectivity index (χ2n) is 3.79. The Morgan fingerprint density at radius 3 is 2.78 bits per heavy atom. The number of aryl methyl sites for hydroxylation is 1. The summed E-state index contributed by atoms with van der Waals surface area (Å²) in [6.45, 7) is 2.38. The summed E-state index contributed by atoms with van der Waals surface area (Å²) < 4.78 is 18.4. The molecule has 0 radical (unpaired) electrons. The minimum atomic E-state index is -0.236. The lowest BCUT2D eigenvalue weighted by atomic mass is 10.1. The quantitative estimate of drug-likeness (QED) is 0.857. The van der Waals surface area contributed by atoms with E-state index in [1.165, 1.54) is 23.7 Å². The van der Waals surface area contributed by atoms with E-state index in [2.05, 4.69) is 9.36 Å². The first-order chi connectivity index (χ1) is 8.71. The lowest BCUT2D eigenvalue weighted by molar-refractivity contribution is 0.624. The number of aromatic nitrogens is 2. The van der Waals surface area contributed by atoms with Gasteiger partial charge in [-0.3, -0.25) is 0 Å². The Morgan fingerprint density at radius 2 is 2.11 bits per heavy atom. The third kappa shape index (κ3) is 3.51. The fourth-order valence-electron chi connectivity index (χ4n) is 1.50. The molecule has 0 saturated heterocycles. The molecule has 0 fully saturated rings. The van der Waals surface area contributed by atoms with E-state index in [9.17, 15) is 4.39 Å². The largest absolute Gasteiger partial charge is 0.326 e. The third-order valence-corrected chi connectivity index (χ3v) is 4.32. The zero-order chi connectivity index (χ0) is 13.0. The first kappa shape index (κ1) is 13.5. The molecule has 0 aliphatic rings. The van der Waals surface area contributed by atoms with Crippen LogP contribution < -0.4 is 5.73 Å². The minimum Gasteiger partial charge on any atom is -0.326 e. The highest BCUT2D eigenvalue weighted by Gasteiger charge is 2.05. The molecule has 6 heteroatoms. The predicted molar refractivity (Wildman–Crippen MR) is 73.1 cm³/mol. The summed E-state index contributed by atoms with van der Waals surface area (Å²) in [5.41, 5.74) is 7.26. The number of benzene rings is 1. The van der Waals surface area contributed by atoms with E-state index in [4.69, 9.17) is 5.73 Å². The van der Waals surface area contributed by atoms with E-state index < -0.39 is 0 Å². The summed E-state index contributed by atoms with van der Waals surface area (Å²) in [4.78, 5) is 4.36. The highest BCUT2D eigenvalue weighted by molar-refractivity contribution is 8.00. The molecule has 0 saturated carbocycles. The van der Waals surface area contributed by atoms with Crippen LogP contribution in [-0.4, -0.2) is 9.36 Å². The normalized spacial score (nSPS) is 10.8. The summed E-state index contributed by atoms with van der Waals surface area (Å²) in [7, 11) is 0. The zero-order valence-corrected chi connectivity index (χ0v) is 11.7. The van der Waals surface area contributed by atoms with Gasteiger partial charge < -0.3 is 5.73 Å². The molecule has 1 aromatic heterocycles. The topological polar surface area (TPSA) is 51.8 Å². The smallest absolute Gasteiger partial charge is 0.170 e. The Kier molecular flexibility index (Phi) is 4.68. The molecular weight excluding hydrogens is 269 g/mol. The molecule has 0 aliphatic heterocycles. The highest BCUT2D eigenvalue weighted by Crippen LogP contribution is 2.25. The average molecular weight is 283 g/mol. The Bertz CT molecular complexity index is 528. The summed E-state index contributed by atoms with van der Waals surface area (Å²) in [5, 5.41) is 0. The molecule has 1 heterocycles. The van der Waals surface area contributed by atoms with E-state index in [1.807, 2.05) is 13.0 Å². The molecule has 0 aliphatic carbocycles. The monoisotopic (exact) mass is 283 g/mol. The summed E-state index contributed by atoms with van der Waals surface area (Å²) in [6.07, 6.45) is 0.842. The third-order valence-electron chi connectivity index (χ3n) is 2.38. The number of hydrogen-bond donors (Lipinski definition) is 1. The minimum absolute atomic E-state index is 0.236. The molecule has 2 N–H and O–H groups in total. The number of thioether (sulfide) groups is 1. The van der Waals surface area contributed by atoms with Crippen molar-refractivity contribution in [1.82, 2.24) is 9.36 Å². The predicted octanol–water partition coefficient (Wildman–Crippen LogP) is 2.99. The van der Waals surface area contributed by atoms with Gasteiger partial charge in [0.2, 0.25) is 0 Å². The number of hydrogen-bond acceptors (Lipinski definition) is 5. The molecule has 3 nitrogen and oxygen atoms in total. The maximum Gasteiger partial charge on any atom is 0.170 e. The van der Waals surface area contributed by atoms with Crippen LogP contribution in [0.4, 0.5) is 4.39 Å². The van der Waals surface area contributed by atoms with E-state index >= 15 is 0 Å². The van der Waals surface area contributed by atoms with Gasteiger partial charge in [-0.2, -0.15) is 4.37 Å². The standard InChI is InChI=1S/C12H14FN3S2/c1-2-11-15-12(18-16-11)17-7-9-3-8(6-14)4-10(13)5-9/h3-5H,2,6-7,14H2,1H3. The average Bonchev–Trinajstić information content (AvgIpc) is 2.83. The fraction of sp³-hybridized carbons (Fsp3) is 0.333. The van der Waals surface area contributed by atoms with Crippen LogP contribution in [0.3, 0.4) is 0 Å². The van der Waals surface area contributed by atoms with E-state index in [-0.39, 0.29) is 5.82 Å². The SMILES string of the molecule is CCc1nsc(SCc2cc(F)cc(CN)c2)n1. The molecule has 2 rings (SSSR count). The van der Waals surface area contributed by atoms with Gasteiger partial charge in [-0.25, -0.2) is 9.37 Å². The highest BCUT2D eigenvalue weighted by atomic mass is 32.2. The molecule has 2 aromatic rings. The molecule has 0 amide bonds. The Hall–Kier alpha value is -0.980. The Labute approximate surface area is 114 Å². The van der Waals surface area contributed by atoms with Crippen molar-refractivity contribution in [2.24, 2.45) is 5.73 Å². The Balaban J connectivity index is 2.03. The molecular formula is C12H14FN3S2. The van der Waals surface area contributed by atoms with E-state index in [0.29, 0.717) is 12.3 Å². The molecule has 0 bridgehead atoms. The van der Waals surface area contributed by atoms with Crippen LogP contribution in [0.15, 0.2) is 22.5 Å². The van der Waals surface area contributed by atoms with Crippen molar-refractivity contribution in [3.63, 3.8) is 0 Å². The first-order valence-corrected chi connectivity index (χ1v) is 7.41. The summed E-state index contributed by atoms with van der Waals surface area (Å²) in [6, 6.07) is 4.93. The van der Waals surface area contributed by atoms with Crippen LogP contribution in [0.2, 0.25) is 0 Å². The van der Waals surface area contributed by atoms with Crippen LogP contribution >= 0.6 is 23.3 Å². The number of nitrogens with zero attached hydrogens (tertiary/aromatic N) is 2. The molecule has 1 aromatic carbocycles. The zero-order valence-electron chi connectivity index (χ0n) is 10.0. The summed E-state index contributed by atoms with van der Waals surface area (Å²) >= 11 is 2.97. The van der Waals surface area contributed by atoms with Crippen LogP contribution in [0.1, 0.15) is 23.9 Å². The van der Waals surface area contributed by atoms with Crippen molar-refractivity contribution in [3.05, 3.63) is 41.0 Å². The Morgan fingerprint density at radius 1 is 1.33 bits per heavy atom. The van der Waals surface area contributed by atoms with Gasteiger partial charge in [0.05, 0.1) is 0 Å². The van der Waals surface area contributed by atoms with Crippen LogP contribution in [0.5, 0.6) is 0 Å². The van der Waals surface area contributed by atoms with Crippen molar-refractivity contribution in [2.75, 3.05) is 0 Å². The maximum atomic E-state index is 13.3. The lowest BCUT2D eigenvalue weighted by Crippen LogP contribution is -1.98. The van der Waals surface area contributed by atoms with Gasteiger partial charge in [0.1, 0.15) is 11.6 Å². The molecule has 96 valence electrons. The molecule has 0 atom stereocenters. The number of halogens is 1. The number of nitrogens with two attached hydrogens (primary N) is 1. The van der Waals surface area contributed by atoms with Crippen molar-refractivity contribution < 1.29 is 4.39 Å². The number of rotatable bonds is 5. The van der Waals surface area contributed by atoms with Crippen molar-refractivity contribution in [2.45, 2.75) is 30.0 Å². The first-order valence-electron chi connectivity index (χ1n) is 5.65. The molecule has 0 spiro atoms. The van der Waals surface area contributed by atoms with Gasteiger partial charge in [0.25, 0.3) is 0 Å². The van der Waals surface area contributed by atoms with Crippen LogP contribution in [0.25, 0.3) is 0 Å². The molecule has 0 unspecified atom stereocenters. The van der Waals surface area contributed by atoms with Gasteiger partial charge in [0.15, 0.2) is 4.34 Å². The van der Waals surface area contributed by atoms with Crippen molar-refractivity contribution in [3.8, 4) is 0 Å². The van der Waals surface area contributed by atoms with Gasteiger partial charge in [-0.05, 0) is 34.8 Å². The van der Waals surface area contributed by atoms with E-state index in [0.717, 1.165) is 27.7 Å². The second-order valence-corrected chi connectivity index (χ2v) is 5.76. The van der Waals surface area contributed by atoms with Gasteiger partial charge in [-0.15, -0.1) is 0 Å². The van der Waals surface area contributed by atoms with E-state index in [1.54, 1.807) is 11.8 Å². The van der Waals surface area contributed by atoms with Crippen LogP contribution in [0, 0.1) is 5.82 Å². The second kappa shape index (κ2) is 6.26. The lowest BCUT2D eigenvalue weighted by Gasteiger charge is -2.03. The van der Waals surface area contributed by atoms with Gasteiger partial charge in [0, 0.05) is 18.7 Å². The maximum absolute atomic E-state index is 13.3. The van der Waals surface area contributed by atoms with Gasteiger partial charge in [-0.1, -0.05) is 24.8 Å². The van der Waals surface area contributed by atoms with Crippen molar-refractivity contribution in [1.29, 1.82) is 0 Å².